The molecular weight excluding hydrogens is 372 g/mol. The molecule has 3 rings (SSSR count). The summed E-state index contributed by atoms with van der Waals surface area (Å²) in [6.07, 6.45) is 2.49. The van der Waals surface area contributed by atoms with Crippen LogP contribution in [-0.4, -0.2) is 49.7 Å². The fourth-order valence-corrected chi connectivity index (χ4v) is 3.86. The van der Waals surface area contributed by atoms with Crippen LogP contribution in [0.5, 0.6) is 11.5 Å². The van der Waals surface area contributed by atoms with Gasteiger partial charge in [0.15, 0.2) is 17.5 Å². The summed E-state index contributed by atoms with van der Waals surface area (Å²) < 4.78 is 12.1. The van der Waals surface area contributed by atoms with E-state index in [0.717, 1.165) is 34.6 Å². The summed E-state index contributed by atoms with van der Waals surface area (Å²) >= 11 is 3.52. The number of hydrogen-bond donors (Lipinski definition) is 2. The SMILES string of the molecule is CCN1CCCC1CNC(N)=NCc1cc(Br)c2c(c1)OCCO2. The molecule has 1 aromatic carbocycles. The number of likely N-dealkylation sites (tertiary alicyclic amines) is 1. The molecule has 0 amide bonds. The molecule has 6 nitrogen and oxygen atoms in total. The molecule has 1 unspecified atom stereocenters. The Morgan fingerprint density at radius 3 is 3.08 bits per heavy atom. The molecule has 132 valence electrons. The van der Waals surface area contributed by atoms with Crippen LogP contribution in [0.25, 0.3) is 0 Å². The van der Waals surface area contributed by atoms with Crippen LogP contribution >= 0.6 is 15.9 Å². The molecule has 1 fully saturated rings. The van der Waals surface area contributed by atoms with E-state index in [1.54, 1.807) is 0 Å². The van der Waals surface area contributed by atoms with Crippen LogP contribution in [0.4, 0.5) is 0 Å². The Hall–Kier alpha value is -1.47. The molecule has 2 heterocycles. The smallest absolute Gasteiger partial charge is 0.188 e. The zero-order valence-electron chi connectivity index (χ0n) is 14.1. The van der Waals surface area contributed by atoms with Gasteiger partial charge in [0.1, 0.15) is 13.2 Å². The number of nitrogens with zero attached hydrogens (tertiary/aromatic N) is 2. The number of aliphatic imine (C=N–C) groups is 1. The summed E-state index contributed by atoms with van der Waals surface area (Å²) in [5, 5.41) is 3.25. The lowest BCUT2D eigenvalue weighted by Gasteiger charge is -2.23. The molecule has 0 aromatic heterocycles. The fourth-order valence-electron chi connectivity index (χ4n) is 3.25. The van der Waals surface area contributed by atoms with E-state index < -0.39 is 0 Å². The number of likely N-dealkylation sites (N-methyl/N-ethyl adjacent to an activating group) is 1. The molecule has 2 aliphatic rings. The lowest BCUT2D eigenvalue weighted by atomic mass is 10.2. The second-order valence-electron chi connectivity index (χ2n) is 6.11. The highest BCUT2D eigenvalue weighted by molar-refractivity contribution is 9.10. The highest BCUT2D eigenvalue weighted by Gasteiger charge is 2.22. The first-order chi connectivity index (χ1) is 11.7. The van der Waals surface area contributed by atoms with Crippen molar-refractivity contribution >= 4 is 21.9 Å². The van der Waals surface area contributed by atoms with Crippen molar-refractivity contribution in [2.24, 2.45) is 10.7 Å². The third-order valence-electron chi connectivity index (χ3n) is 4.51. The molecule has 3 N–H and O–H groups in total. The highest BCUT2D eigenvalue weighted by Crippen LogP contribution is 2.38. The van der Waals surface area contributed by atoms with E-state index in [2.05, 4.69) is 38.1 Å². The van der Waals surface area contributed by atoms with E-state index >= 15 is 0 Å². The molecule has 0 radical (unpaired) electrons. The van der Waals surface area contributed by atoms with Crippen LogP contribution in [0.2, 0.25) is 0 Å². The second kappa shape index (κ2) is 8.07. The predicted octanol–water partition coefficient (Wildman–Crippen LogP) is 2.11. The standard InChI is InChI=1S/C17H25BrN4O2/c1-2-22-5-3-4-13(22)11-21-17(19)20-10-12-8-14(18)16-15(9-12)23-6-7-24-16/h8-9,13H,2-7,10-11H2,1H3,(H3,19,20,21). The summed E-state index contributed by atoms with van der Waals surface area (Å²) in [5.74, 6) is 2.02. The van der Waals surface area contributed by atoms with Gasteiger partial charge in [0.2, 0.25) is 0 Å². The fraction of sp³-hybridized carbons (Fsp3) is 0.588. The largest absolute Gasteiger partial charge is 0.486 e. The third kappa shape index (κ3) is 4.13. The minimum atomic E-state index is 0.490. The van der Waals surface area contributed by atoms with Gasteiger partial charge >= 0.3 is 0 Å². The average molecular weight is 397 g/mol. The topological polar surface area (TPSA) is 72.1 Å². The maximum absolute atomic E-state index is 6.02. The number of benzene rings is 1. The van der Waals surface area contributed by atoms with Gasteiger partial charge in [-0.2, -0.15) is 0 Å². The minimum Gasteiger partial charge on any atom is -0.486 e. The Morgan fingerprint density at radius 1 is 1.42 bits per heavy atom. The van der Waals surface area contributed by atoms with Crippen molar-refractivity contribution in [1.82, 2.24) is 10.2 Å². The molecule has 1 atom stereocenters. The Kier molecular flexibility index (Phi) is 5.84. The Labute approximate surface area is 151 Å². The first-order valence-electron chi connectivity index (χ1n) is 8.53. The third-order valence-corrected chi connectivity index (χ3v) is 5.10. The number of fused-ring (bicyclic) bond motifs is 1. The Bertz CT molecular complexity index is 608. The maximum Gasteiger partial charge on any atom is 0.188 e. The zero-order valence-corrected chi connectivity index (χ0v) is 15.6. The monoisotopic (exact) mass is 396 g/mol. The maximum atomic E-state index is 6.02. The van der Waals surface area contributed by atoms with Crippen molar-refractivity contribution in [3.8, 4) is 11.5 Å². The quantitative estimate of drug-likeness (QED) is 0.588. The van der Waals surface area contributed by atoms with Crippen LogP contribution in [-0.2, 0) is 6.54 Å². The normalized spacial score (nSPS) is 21.1. The van der Waals surface area contributed by atoms with Crippen LogP contribution in [0.3, 0.4) is 0 Å². The van der Waals surface area contributed by atoms with Crippen molar-refractivity contribution in [1.29, 1.82) is 0 Å². The Balaban J connectivity index is 1.56. The summed E-state index contributed by atoms with van der Waals surface area (Å²) in [6.45, 7) is 7.00. The molecule has 24 heavy (non-hydrogen) atoms. The lowest BCUT2D eigenvalue weighted by molar-refractivity contribution is 0.170. The summed E-state index contributed by atoms with van der Waals surface area (Å²) in [5.41, 5.74) is 7.05. The van der Waals surface area contributed by atoms with Crippen molar-refractivity contribution in [2.75, 3.05) is 32.8 Å². The van der Waals surface area contributed by atoms with E-state index in [9.17, 15) is 0 Å². The molecule has 1 saturated heterocycles. The van der Waals surface area contributed by atoms with Gasteiger partial charge in [0.25, 0.3) is 0 Å². The van der Waals surface area contributed by atoms with Gasteiger partial charge in [-0.15, -0.1) is 0 Å². The van der Waals surface area contributed by atoms with E-state index in [1.165, 1.54) is 19.4 Å². The van der Waals surface area contributed by atoms with E-state index in [1.807, 2.05) is 12.1 Å². The van der Waals surface area contributed by atoms with Crippen molar-refractivity contribution in [2.45, 2.75) is 32.4 Å². The first-order valence-corrected chi connectivity index (χ1v) is 9.32. The van der Waals surface area contributed by atoms with Crippen molar-refractivity contribution in [3.05, 3.63) is 22.2 Å². The zero-order chi connectivity index (χ0) is 16.9. The van der Waals surface area contributed by atoms with Gasteiger partial charge in [-0.1, -0.05) is 6.92 Å². The molecule has 0 spiro atoms. The summed E-state index contributed by atoms with van der Waals surface area (Å²) in [7, 11) is 0. The summed E-state index contributed by atoms with van der Waals surface area (Å²) in [4.78, 5) is 6.93. The van der Waals surface area contributed by atoms with Gasteiger partial charge in [0.05, 0.1) is 11.0 Å². The number of rotatable bonds is 5. The van der Waals surface area contributed by atoms with Gasteiger partial charge in [0, 0.05) is 12.6 Å². The van der Waals surface area contributed by atoms with Crippen LogP contribution < -0.4 is 20.5 Å². The molecule has 7 heteroatoms. The van der Waals surface area contributed by atoms with E-state index in [4.69, 9.17) is 15.2 Å². The number of halogens is 1. The number of hydrogen-bond acceptors (Lipinski definition) is 4. The van der Waals surface area contributed by atoms with Crippen LogP contribution in [0.1, 0.15) is 25.3 Å². The molecule has 2 aliphatic heterocycles. The molecule has 0 bridgehead atoms. The molecule has 0 aliphatic carbocycles. The number of guanidine groups is 1. The average Bonchev–Trinajstić information content (AvgIpc) is 3.06. The first kappa shape index (κ1) is 17.4. The van der Waals surface area contributed by atoms with Gasteiger partial charge in [-0.05, 0) is 59.6 Å². The minimum absolute atomic E-state index is 0.490. The Morgan fingerprint density at radius 2 is 2.25 bits per heavy atom. The van der Waals surface area contributed by atoms with Crippen LogP contribution in [0, 0.1) is 0 Å². The van der Waals surface area contributed by atoms with Crippen molar-refractivity contribution < 1.29 is 9.47 Å². The number of nitrogens with one attached hydrogen (secondary N) is 1. The van der Waals surface area contributed by atoms with E-state index in [0.29, 0.717) is 31.8 Å². The molecule has 0 saturated carbocycles. The van der Waals surface area contributed by atoms with Crippen LogP contribution in [0.15, 0.2) is 21.6 Å². The van der Waals surface area contributed by atoms with Gasteiger partial charge < -0.3 is 20.5 Å². The van der Waals surface area contributed by atoms with Crippen molar-refractivity contribution in [3.63, 3.8) is 0 Å². The number of nitrogens with two attached hydrogens (primary N) is 1. The summed E-state index contributed by atoms with van der Waals surface area (Å²) in [6, 6.07) is 4.53. The predicted molar refractivity (Wildman–Crippen MR) is 98.7 cm³/mol. The molecular formula is C17H25BrN4O2. The second-order valence-corrected chi connectivity index (χ2v) is 6.96. The van der Waals surface area contributed by atoms with Gasteiger partial charge in [-0.25, -0.2) is 4.99 Å². The lowest BCUT2D eigenvalue weighted by Crippen LogP contribution is -2.42. The van der Waals surface area contributed by atoms with Gasteiger partial charge in [-0.3, -0.25) is 4.90 Å². The highest BCUT2D eigenvalue weighted by atomic mass is 79.9. The molecule has 1 aromatic rings. The van der Waals surface area contributed by atoms with E-state index in [-0.39, 0.29) is 0 Å². The number of ether oxygens (including phenoxy) is 2.